The number of hydrogen-bond donors (Lipinski definition) is 1. The second kappa shape index (κ2) is 4.35. The molecule has 1 amide bonds. The van der Waals surface area contributed by atoms with E-state index < -0.39 is 11.6 Å². The van der Waals surface area contributed by atoms with Crippen LogP contribution < -0.4 is 5.32 Å². The number of alkyl halides is 1. The minimum absolute atomic E-state index is 0.0600. The first-order valence-corrected chi connectivity index (χ1v) is 6.32. The van der Waals surface area contributed by atoms with Crippen molar-refractivity contribution >= 4 is 23.2 Å². The van der Waals surface area contributed by atoms with Crippen LogP contribution in [0.5, 0.6) is 0 Å². The lowest BCUT2D eigenvalue weighted by Gasteiger charge is -2.18. The van der Waals surface area contributed by atoms with Crippen LogP contribution in [0.1, 0.15) is 11.1 Å². The monoisotopic (exact) mass is 275 g/mol. The molecule has 0 fully saturated rings. The predicted molar refractivity (Wildman–Crippen MR) is 73.0 cm³/mol. The van der Waals surface area contributed by atoms with Gasteiger partial charge in [-0.25, -0.2) is 4.39 Å². The largest absolute Gasteiger partial charge is 0.323 e. The van der Waals surface area contributed by atoms with Gasteiger partial charge in [-0.05, 0) is 17.7 Å². The number of para-hydroxylation sites is 1. The summed E-state index contributed by atoms with van der Waals surface area (Å²) in [6.07, 6.45) is -0.0600. The normalized spacial score (nSPS) is 21.1. The molecule has 0 radical (unpaired) electrons. The zero-order valence-corrected chi connectivity index (χ0v) is 10.7. The number of halogens is 2. The van der Waals surface area contributed by atoms with E-state index in [1.54, 1.807) is 48.5 Å². The second-order valence-electron chi connectivity index (χ2n) is 4.57. The van der Waals surface area contributed by atoms with Gasteiger partial charge in [0.05, 0.1) is 0 Å². The van der Waals surface area contributed by atoms with Crippen molar-refractivity contribution in [3.8, 4) is 0 Å². The van der Waals surface area contributed by atoms with E-state index in [0.29, 0.717) is 21.8 Å². The van der Waals surface area contributed by atoms with Gasteiger partial charge in [-0.2, -0.15) is 0 Å². The van der Waals surface area contributed by atoms with E-state index in [9.17, 15) is 4.79 Å². The van der Waals surface area contributed by atoms with Gasteiger partial charge in [-0.1, -0.05) is 48.0 Å². The van der Waals surface area contributed by atoms with Crippen LogP contribution in [-0.4, -0.2) is 5.91 Å². The highest BCUT2D eigenvalue weighted by molar-refractivity contribution is 6.31. The highest BCUT2D eigenvalue weighted by Gasteiger charge is 2.47. The van der Waals surface area contributed by atoms with Crippen molar-refractivity contribution in [3.05, 3.63) is 64.7 Å². The van der Waals surface area contributed by atoms with Gasteiger partial charge < -0.3 is 5.32 Å². The van der Waals surface area contributed by atoms with Crippen LogP contribution in [-0.2, 0) is 16.9 Å². The third-order valence-corrected chi connectivity index (χ3v) is 3.72. The number of rotatable bonds is 2. The van der Waals surface area contributed by atoms with Crippen LogP contribution in [0.4, 0.5) is 10.1 Å². The minimum Gasteiger partial charge on any atom is -0.323 e. The van der Waals surface area contributed by atoms with E-state index in [-0.39, 0.29) is 6.42 Å². The van der Waals surface area contributed by atoms with E-state index in [0.717, 1.165) is 0 Å². The maximum absolute atomic E-state index is 15.1. The Morgan fingerprint density at radius 3 is 2.58 bits per heavy atom. The minimum atomic E-state index is -2.05. The van der Waals surface area contributed by atoms with Crippen molar-refractivity contribution < 1.29 is 9.18 Å². The zero-order chi connectivity index (χ0) is 13.5. The number of fused-ring (bicyclic) bond motifs is 1. The Balaban J connectivity index is 2.04. The third-order valence-electron chi connectivity index (χ3n) is 3.35. The molecule has 19 heavy (non-hydrogen) atoms. The molecule has 2 aromatic rings. The van der Waals surface area contributed by atoms with Crippen LogP contribution in [0, 0.1) is 0 Å². The molecule has 4 heteroatoms. The topological polar surface area (TPSA) is 29.1 Å². The lowest BCUT2D eigenvalue weighted by Crippen LogP contribution is -2.32. The third kappa shape index (κ3) is 1.90. The number of benzene rings is 2. The molecule has 0 spiro atoms. The summed E-state index contributed by atoms with van der Waals surface area (Å²) >= 11 is 6.04. The Kier molecular flexibility index (Phi) is 2.79. The summed E-state index contributed by atoms with van der Waals surface area (Å²) in [4.78, 5) is 11.9. The summed E-state index contributed by atoms with van der Waals surface area (Å²) in [6, 6.07) is 13.8. The Morgan fingerprint density at radius 2 is 1.79 bits per heavy atom. The molecule has 0 aliphatic carbocycles. The molecule has 1 heterocycles. The lowest BCUT2D eigenvalue weighted by atomic mass is 9.90. The summed E-state index contributed by atoms with van der Waals surface area (Å²) in [6.45, 7) is 0. The van der Waals surface area contributed by atoms with E-state index in [4.69, 9.17) is 11.6 Å². The fourth-order valence-corrected chi connectivity index (χ4v) is 2.56. The Bertz CT molecular complexity index is 658. The number of carbonyl (C=O) groups excluding carboxylic acids is 1. The van der Waals surface area contributed by atoms with Crippen LogP contribution in [0.15, 0.2) is 48.5 Å². The smallest absolute Gasteiger partial charge is 0.267 e. The van der Waals surface area contributed by atoms with Gasteiger partial charge >= 0.3 is 0 Å². The molecule has 2 aromatic carbocycles. The number of hydrogen-bond acceptors (Lipinski definition) is 1. The molecular formula is C15H11ClFNO. The second-order valence-corrected chi connectivity index (χ2v) is 4.98. The first-order valence-electron chi connectivity index (χ1n) is 5.94. The number of carbonyl (C=O) groups is 1. The Labute approximate surface area is 115 Å². The van der Waals surface area contributed by atoms with Gasteiger partial charge in [-0.3, -0.25) is 4.79 Å². The average molecular weight is 276 g/mol. The first kappa shape index (κ1) is 12.2. The van der Waals surface area contributed by atoms with Gasteiger partial charge in [0, 0.05) is 22.7 Å². The molecule has 0 saturated carbocycles. The van der Waals surface area contributed by atoms with Crippen molar-refractivity contribution in [3.63, 3.8) is 0 Å². The molecule has 1 aliphatic rings. The van der Waals surface area contributed by atoms with Gasteiger partial charge in [0.1, 0.15) is 0 Å². The average Bonchev–Trinajstić information content (AvgIpc) is 2.65. The van der Waals surface area contributed by atoms with Crippen molar-refractivity contribution in [2.45, 2.75) is 12.1 Å². The molecule has 0 aromatic heterocycles. The molecular weight excluding hydrogens is 265 g/mol. The van der Waals surface area contributed by atoms with Crippen LogP contribution in [0.3, 0.4) is 0 Å². The standard InChI is InChI=1S/C15H11ClFNO/c16-12-7-3-1-5-10(12)9-15(17)11-6-2-4-8-13(11)18-14(15)19/h1-8H,9H2,(H,18,19). The molecule has 3 rings (SSSR count). The maximum Gasteiger partial charge on any atom is 0.267 e. The van der Waals surface area contributed by atoms with Gasteiger partial charge in [0.2, 0.25) is 5.67 Å². The number of nitrogens with one attached hydrogen (secondary N) is 1. The highest BCUT2D eigenvalue weighted by Crippen LogP contribution is 2.42. The quantitative estimate of drug-likeness (QED) is 0.890. The molecule has 2 nitrogen and oxygen atoms in total. The number of anilines is 1. The molecule has 96 valence electrons. The van der Waals surface area contributed by atoms with Crippen LogP contribution >= 0.6 is 11.6 Å². The summed E-state index contributed by atoms with van der Waals surface area (Å²) in [5.74, 6) is -0.631. The Morgan fingerprint density at radius 1 is 1.11 bits per heavy atom. The summed E-state index contributed by atoms with van der Waals surface area (Å²) in [5.41, 5.74) is -0.526. The van der Waals surface area contributed by atoms with E-state index in [2.05, 4.69) is 5.32 Å². The molecule has 0 saturated heterocycles. The molecule has 0 bridgehead atoms. The summed E-state index contributed by atoms with van der Waals surface area (Å²) in [7, 11) is 0. The summed E-state index contributed by atoms with van der Waals surface area (Å²) < 4.78 is 15.1. The zero-order valence-electron chi connectivity index (χ0n) is 9.99. The van der Waals surface area contributed by atoms with Gasteiger partial charge in [0.25, 0.3) is 5.91 Å². The maximum atomic E-state index is 15.1. The first-order chi connectivity index (χ1) is 9.11. The predicted octanol–water partition coefficient (Wildman–Crippen LogP) is 3.70. The fraction of sp³-hybridized carbons (Fsp3) is 0.133. The van der Waals surface area contributed by atoms with Gasteiger partial charge in [0.15, 0.2) is 0 Å². The molecule has 1 unspecified atom stereocenters. The molecule has 1 atom stereocenters. The van der Waals surface area contributed by atoms with Crippen LogP contribution in [0.2, 0.25) is 5.02 Å². The van der Waals surface area contributed by atoms with E-state index in [1.807, 2.05) is 0 Å². The van der Waals surface area contributed by atoms with Crippen molar-refractivity contribution in [1.82, 2.24) is 0 Å². The molecule has 1 N–H and O–H groups in total. The number of amides is 1. The van der Waals surface area contributed by atoms with Gasteiger partial charge in [-0.15, -0.1) is 0 Å². The summed E-state index contributed by atoms with van der Waals surface area (Å²) in [5, 5.41) is 3.04. The Hall–Kier alpha value is -1.87. The molecule has 1 aliphatic heterocycles. The van der Waals surface area contributed by atoms with Crippen molar-refractivity contribution in [2.24, 2.45) is 0 Å². The van der Waals surface area contributed by atoms with E-state index >= 15 is 4.39 Å². The fourth-order valence-electron chi connectivity index (χ4n) is 2.36. The highest BCUT2D eigenvalue weighted by atomic mass is 35.5. The SMILES string of the molecule is O=C1Nc2ccccc2C1(F)Cc1ccccc1Cl. The lowest BCUT2D eigenvalue weighted by molar-refractivity contribution is -0.126. The van der Waals surface area contributed by atoms with E-state index in [1.165, 1.54) is 0 Å². The van der Waals surface area contributed by atoms with Crippen LogP contribution in [0.25, 0.3) is 0 Å². The van der Waals surface area contributed by atoms with Crippen molar-refractivity contribution in [1.29, 1.82) is 0 Å². The van der Waals surface area contributed by atoms with Crippen molar-refractivity contribution in [2.75, 3.05) is 5.32 Å².